The molecule has 0 saturated carbocycles. The summed E-state index contributed by atoms with van der Waals surface area (Å²) >= 11 is 6.17. The molecule has 0 saturated heterocycles. The zero-order valence-electron chi connectivity index (χ0n) is 11.2. The van der Waals surface area contributed by atoms with Crippen molar-refractivity contribution in [2.45, 2.75) is 19.4 Å². The first-order valence-corrected chi connectivity index (χ1v) is 7.08. The third-order valence-corrected chi connectivity index (χ3v) is 3.49. The Morgan fingerprint density at radius 2 is 2.35 bits per heavy atom. The van der Waals surface area contributed by atoms with Gasteiger partial charge in [0.05, 0.1) is 5.02 Å². The van der Waals surface area contributed by atoms with Gasteiger partial charge in [0.2, 0.25) is 0 Å². The van der Waals surface area contributed by atoms with Crippen LogP contribution in [0, 0.1) is 0 Å². The van der Waals surface area contributed by atoms with E-state index < -0.39 is 0 Å². The fourth-order valence-corrected chi connectivity index (χ4v) is 2.47. The van der Waals surface area contributed by atoms with Crippen molar-refractivity contribution in [1.29, 1.82) is 0 Å². The zero-order valence-corrected chi connectivity index (χ0v) is 11.9. The fourth-order valence-electron chi connectivity index (χ4n) is 2.25. The molecule has 4 nitrogen and oxygen atoms in total. The number of furan rings is 1. The molecule has 2 N–H and O–H groups in total. The maximum Gasteiger partial charge on any atom is 0.152 e. The van der Waals surface area contributed by atoms with Crippen LogP contribution in [0.2, 0.25) is 5.02 Å². The minimum absolute atomic E-state index is 0.0894. The Balaban J connectivity index is 2.02. The average molecular weight is 290 g/mol. The monoisotopic (exact) mass is 289 g/mol. The van der Waals surface area contributed by atoms with E-state index in [4.69, 9.17) is 16.0 Å². The van der Waals surface area contributed by atoms with Crippen LogP contribution in [0.1, 0.15) is 31.0 Å². The predicted molar refractivity (Wildman–Crippen MR) is 79.9 cm³/mol. The number of hydrogen-bond donors (Lipinski definition) is 2. The summed E-state index contributed by atoms with van der Waals surface area (Å²) in [5, 5.41) is 5.07. The van der Waals surface area contributed by atoms with Crippen LogP contribution in [0.4, 0.5) is 0 Å². The molecule has 0 aliphatic heterocycles. The van der Waals surface area contributed by atoms with Crippen molar-refractivity contribution in [2.24, 2.45) is 0 Å². The minimum Gasteiger partial charge on any atom is -0.457 e. The Bertz CT molecular complexity index is 690. The highest BCUT2D eigenvalue weighted by atomic mass is 35.5. The summed E-state index contributed by atoms with van der Waals surface area (Å²) in [6, 6.07) is 7.67. The van der Waals surface area contributed by atoms with E-state index in [1.807, 2.05) is 30.5 Å². The van der Waals surface area contributed by atoms with Gasteiger partial charge in [-0.05, 0) is 25.1 Å². The molecule has 104 valence electrons. The number of nitrogens with zero attached hydrogens (tertiary/aromatic N) is 1. The van der Waals surface area contributed by atoms with Crippen molar-refractivity contribution in [3.63, 3.8) is 0 Å². The van der Waals surface area contributed by atoms with E-state index in [-0.39, 0.29) is 6.04 Å². The van der Waals surface area contributed by atoms with Gasteiger partial charge in [0, 0.05) is 17.8 Å². The number of aromatic amines is 1. The van der Waals surface area contributed by atoms with Gasteiger partial charge in [-0.15, -0.1) is 0 Å². The van der Waals surface area contributed by atoms with E-state index in [1.54, 1.807) is 6.20 Å². The molecule has 1 aromatic carbocycles. The summed E-state index contributed by atoms with van der Waals surface area (Å²) in [5.41, 5.74) is 0.721. The van der Waals surface area contributed by atoms with Gasteiger partial charge >= 0.3 is 0 Å². The number of imidazole rings is 1. The maximum atomic E-state index is 6.17. The molecular formula is C15H16ClN3O. The van der Waals surface area contributed by atoms with Crippen molar-refractivity contribution < 1.29 is 4.42 Å². The second-order valence-electron chi connectivity index (χ2n) is 4.67. The van der Waals surface area contributed by atoms with E-state index >= 15 is 0 Å². The number of fused-ring (bicyclic) bond motifs is 1. The lowest BCUT2D eigenvalue weighted by Crippen LogP contribution is -2.23. The Morgan fingerprint density at radius 3 is 3.05 bits per heavy atom. The number of halogens is 1. The molecule has 5 heteroatoms. The second kappa shape index (κ2) is 5.69. The van der Waals surface area contributed by atoms with E-state index in [1.165, 1.54) is 0 Å². The normalized spacial score (nSPS) is 12.9. The van der Waals surface area contributed by atoms with Crippen LogP contribution in [0.15, 0.2) is 41.1 Å². The second-order valence-corrected chi connectivity index (χ2v) is 5.08. The molecule has 2 heterocycles. The molecule has 0 bridgehead atoms. The molecule has 3 rings (SSSR count). The van der Waals surface area contributed by atoms with Gasteiger partial charge in [-0.2, -0.15) is 0 Å². The molecule has 0 radical (unpaired) electrons. The molecule has 1 unspecified atom stereocenters. The first-order valence-electron chi connectivity index (χ1n) is 6.70. The molecule has 0 aliphatic rings. The van der Waals surface area contributed by atoms with Crippen molar-refractivity contribution in [3.8, 4) is 0 Å². The average Bonchev–Trinajstić information content (AvgIpc) is 3.09. The van der Waals surface area contributed by atoms with E-state index in [0.717, 1.165) is 35.5 Å². The van der Waals surface area contributed by atoms with Gasteiger partial charge in [-0.3, -0.25) is 0 Å². The SMILES string of the molecule is CCCNC(c1ncc[nH]1)c1cc2cccc(Cl)c2o1. The van der Waals surface area contributed by atoms with E-state index in [2.05, 4.69) is 22.2 Å². The van der Waals surface area contributed by atoms with Gasteiger partial charge < -0.3 is 14.7 Å². The molecule has 0 aliphatic carbocycles. The molecule has 0 amide bonds. The quantitative estimate of drug-likeness (QED) is 0.749. The van der Waals surface area contributed by atoms with Crippen LogP contribution in [0.3, 0.4) is 0 Å². The highest BCUT2D eigenvalue weighted by Gasteiger charge is 2.20. The fraction of sp³-hybridized carbons (Fsp3) is 0.267. The van der Waals surface area contributed by atoms with Crippen LogP contribution in [-0.2, 0) is 0 Å². The van der Waals surface area contributed by atoms with Crippen molar-refractivity contribution in [1.82, 2.24) is 15.3 Å². The lowest BCUT2D eigenvalue weighted by Gasteiger charge is -2.13. The minimum atomic E-state index is -0.0894. The van der Waals surface area contributed by atoms with E-state index in [0.29, 0.717) is 5.02 Å². The van der Waals surface area contributed by atoms with Gasteiger partial charge in [0.25, 0.3) is 0 Å². The topological polar surface area (TPSA) is 53.9 Å². The number of benzene rings is 1. The number of nitrogens with one attached hydrogen (secondary N) is 2. The summed E-state index contributed by atoms with van der Waals surface area (Å²) < 4.78 is 5.93. The largest absolute Gasteiger partial charge is 0.457 e. The number of rotatable bonds is 5. The lowest BCUT2D eigenvalue weighted by atomic mass is 10.2. The Labute approximate surface area is 122 Å². The summed E-state index contributed by atoms with van der Waals surface area (Å²) in [6.07, 6.45) is 4.59. The number of para-hydroxylation sites is 1. The summed E-state index contributed by atoms with van der Waals surface area (Å²) in [4.78, 5) is 7.46. The van der Waals surface area contributed by atoms with Gasteiger partial charge in [-0.25, -0.2) is 4.98 Å². The maximum absolute atomic E-state index is 6.17. The Morgan fingerprint density at radius 1 is 1.45 bits per heavy atom. The van der Waals surface area contributed by atoms with Crippen molar-refractivity contribution in [2.75, 3.05) is 6.54 Å². The zero-order chi connectivity index (χ0) is 13.9. The third-order valence-electron chi connectivity index (χ3n) is 3.19. The summed E-state index contributed by atoms with van der Waals surface area (Å²) in [5.74, 6) is 1.66. The van der Waals surface area contributed by atoms with Gasteiger partial charge in [-0.1, -0.05) is 30.7 Å². The number of aromatic nitrogens is 2. The Kier molecular flexibility index (Phi) is 3.76. The standard InChI is InChI=1S/C15H16ClN3O/c1-2-6-17-13(15-18-7-8-19-15)12-9-10-4-3-5-11(16)14(10)20-12/h3-5,7-9,13,17H,2,6H2,1H3,(H,18,19). The van der Waals surface area contributed by atoms with Crippen LogP contribution in [-0.4, -0.2) is 16.5 Å². The van der Waals surface area contributed by atoms with Gasteiger partial charge in [0.15, 0.2) is 5.58 Å². The molecule has 3 aromatic rings. The number of hydrogen-bond acceptors (Lipinski definition) is 3. The Hall–Kier alpha value is -1.78. The first-order chi connectivity index (χ1) is 9.79. The molecule has 20 heavy (non-hydrogen) atoms. The first kappa shape index (κ1) is 13.2. The van der Waals surface area contributed by atoms with Crippen LogP contribution < -0.4 is 5.32 Å². The molecule has 2 aromatic heterocycles. The number of H-pyrrole nitrogens is 1. The predicted octanol–water partition coefficient (Wildman–Crippen LogP) is 3.90. The summed E-state index contributed by atoms with van der Waals surface area (Å²) in [7, 11) is 0. The highest BCUT2D eigenvalue weighted by Crippen LogP contribution is 2.31. The lowest BCUT2D eigenvalue weighted by molar-refractivity contribution is 0.458. The van der Waals surface area contributed by atoms with Crippen LogP contribution in [0.5, 0.6) is 0 Å². The van der Waals surface area contributed by atoms with Gasteiger partial charge in [0.1, 0.15) is 17.6 Å². The highest BCUT2D eigenvalue weighted by molar-refractivity contribution is 6.34. The van der Waals surface area contributed by atoms with Crippen molar-refractivity contribution in [3.05, 3.63) is 53.3 Å². The van der Waals surface area contributed by atoms with Crippen molar-refractivity contribution >= 4 is 22.6 Å². The van der Waals surface area contributed by atoms with Crippen LogP contribution in [0.25, 0.3) is 11.0 Å². The summed E-state index contributed by atoms with van der Waals surface area (Å²) in [6.45, 7) is 3.01. The molecule has 0 spiro atoms. The van der Waals surface area contributed by atoms with E-state index in [9.17, 15) is 0 Å². The molecular weight excluding hydrogens is 274 g/mol. The third kappa shape index (κ3) is 2.44. The molecule has 0 fully saturated rings. The molecule has 1 atom stereocenters. The smallest absolute Gasteiger partial charge is 0.152 e. The van der Waals surface area contributed by atoms with Crippen LogP contribution >= 0.6 is 11.6 Å².